The number of phenols is 1. The Morgan fingerprint density at radius 1 is 1.32 bits per heavy atom. The molecule has 1 aromatic carbocycles. The van der Waals surface area contributed by atoms with Crippen LogP contribution < -0.4 is 3.32 Å². The molecule has 0 saturated carbocycles. The third kappa shape index (κ3) is 2.47. The zero-order valence-corrected chi connectivity index (χ0v) is 15.1. The SMILES string of the molecule is Cn1cccc1[C]1=C(C(=O)O)C=[CH][In]1[c]1ccc(O)c(F)c1. The Hall–Kier alpha value is -1.95. The molecule has 0 aliphatic carbocycles. The van der Waals surface area contributed by atoms with Gasteiger partial charge in [-0.3, -0.25) is 0 Å². The monoisotopic (exact) mass is 401 g/mol. The van der Waals surface area contributed by atoms with E-state index < -0.39 is 33.2 Å². The predicted molar refractivity (Wildman–Crippen MR) is 82.6 cm³/mol. The fraction of sp³-hybridized carbons (Fsp3) is 0.0625. The molecule has 0 radical (unpaired) electrons. The van der Waals surface area contributed by atoms with E-state index >= 15 is 0 Å². The summed E-state index contributed by atoms with van der Waals surface area (Å²) in [5, 5.41) is 18.8. The van der Waals surface area contributed by atoms with Gasteiger partial charge >= 0.3 is 134 Å². The van der Waals surface area contributed by atoms with Crippen LogP contribution in [-0.2, 0) is 11.8 Å². The van der Waals surface area contributed by atoms with Crippen LogP contribution in [0.1, 0.15) is 5.69 Å². The van der Waals surface area contributed by atoms with Crippen molar-refractivity contribution in [2.45, 2.75) is 0 Å². The van der Waals surface area contributed by atoms with Crippen molar-refractivity contribution in [2.75, 3.05) is 0 Å². The normalized spacial score (nSPS) is 14.0. The van der Waals surface area contributed by atoms with E-state index in [0.29, 0.717) is 0 Å². The van der Waals surface area contributed by atoms with Crippen molar-refractivity contribution in [1.82, 2.24) is 4.57 Å². The second kappa shape index (κ2) is 5.68. The quantitative estimate of drug-likeness (QED) is 0.825. The first-order valence-electron chi connectivity index (χ1n) is 6.75. The third-order valence-electron chi connectivity index (χ3n) is 3.84. The van der Waals surface area contributed by atoms with E-state index in [2.05, 4.69) is 0 Å². The molecule has 0 atom stereocenters. The summed E-state index contributed by atoms with van der Waals surface area (Å²) in [6, 6.07) is 8.09. The van der Waals surface area contributed by atoms with Crippen LogP contribution in [0.2, 0.25) is 0 Å². The molecule has 0 spiro atoms. The van der Waals surface area contributed by atoms with Crippen LogP contribution in [0.15, 0.2) is 52.0 Å². The summed E-state index contributed by atoms with van der Waals surface area (Å²) in [6.07, 6.45) is 3.50. The summed E-state index contributed by atoms with van der Waals surface area (Å²) in [6.45, 7) is 0. The van der Waals surface area contributed by atoms with Gasteiger partial charge in [-0.1, -0.05) is 0 Å². The van der Waals surface area contributed by atoms with Crippen molar-refractivity contribution in [3.63, 3.8) is 0 Å². The minimum absolute atomic E-state index is 0.288. The van der Waals surface area contributed by atoms with Crippen molar-refractivity contribution in [1.29, 1.82) is 0 Å². The molecule has 1 aromatic heterocycles. The number of halogens is 1. The Balaban J connectivity index is 2.15. The van der Waals surface area contributed by atoms with Gasteiger partial charge in [-0.15, -0.1) is 0 Å². The van der Waals surface area contributed by atoms with E-state index in [0.717, 1.165) is 12.3 Å². The Morgan fingerprint density at radius 3 is 2.68 bits per heavy atom. The number of aromatic hydroxyl groups is 1. The fourth-order valence-corrected chi connectivity index (χ4v) is 11.1. The molecule has 2 heterocycles. The van der Waals surface area contributed by atoms with Gasteiger partial charge in [0, 0.05) is 0 Å². The van der Waals surface area contributed by atoms with E-state index in [1.807, 2.05) is 33.8 Å². The Bertz CT molecular complexity index is 823. The van der Waals surface area contributed by atoms with Gasteiger partial charge in [0.25, 0.3) is 0 Å². The average Bonchev–Trinajstić information content (AvgIpc) is 3.07. The van der Waals surface area contributed by atoms with Crippen molar-refractivity contribution in [3.05, 3.63) is 63.5 Å². The first-order valence-corrected chi connectivity index (χ1v) is 11.9. The molecule has 0 amide bonds. The molecule has 1 aliphatic heterocycles. The Morgan fingerprint density at radius 2 is 2.09 bits per heavy atom. The Kier molecular flexibility index (Phi) is 3.87. The first kappa shape index (κ1) is 15.0. The van der Waals surface area contributed by atoms with Crippen LogP contribution in [0.25, 0.3) is 3.33 Å². The molecule has 0 fully saturated rings. The van der Waals surface area contributed by atoms with Gasteiger partial charge in [0.2, 0.25) is 0 Å². The molecular weight excluding hydrogens is 388 g/mol. The molecular formula is C16H13FInNO3. The number of carboxylic acids is 1. The zero-order chi connectivity index (χ0) is 15.9. The zero-order valence-electron chi connectivity index (χ0n) is 11.8. The van der Waals surface area contributed by atoms with Crippen LogP contribution in [0.3, 0.4) is 0 Å². The standard InChI is InChI=1S/C10H9NO2.C6H4FO.In/c1-3-8(10(12)13)7-9-5-4-6-11(9)2;7-5-3-1-2-4-6(5)8;/h1,3-6H,2H3,(H,12,13);2-4,8H;. The molecule has 3 rings (SSSR count). The van der Waals surface area contributed by atoms with Gasteiger partial charge in [-0.25, -0.2) is 0 Å². The molecule has 2 N–H and O–H groups in total. The molecule has 6 heteroatoms. The maximum atomic E-state index is 13.7. The average molecular weight is 401 g/mol. The van der Waals surface area contributed by atoms with E-state index in [1.165, 1.54) is 12.1 Å². The molecule has 22 heavy (non-hydrogen) atoms. The van der Waals surface area contributed by atoms with Gasteiger partial charge in [0.15, 0.2) is 0 Å². The Labute approximate surface area is 134 Å². The summed E-state index contributed by atoms with van der Waals surface area (Å²) in [4.78, 5) is 11.5. The van der Waals surface area contributed by atoms with E-state index in [4.69, 9.17) is 0 Å². The van der Waals surface area contributed by atoms with Crippen molar-refractivity contribution in [3.8, 4) is 5.75 Å². The molecule has 110 valence electrons. The summed E-state index contributed by atoms with van der Waals surface area (Å²) >= 11 is -2.82. The van der Waals surface area contributed by atoms with Crippen LogP contribution in [0.4, 0.5) is 4.39 Å². The van der Waals surface area contributed by atoms with Crippen LogP contribution in [0, 0.1) is 5.82 Å². The van der Waals surface area contributed by atoms with E-state index in [9.17, 15) is 19.4 Å². The number of carbonyl (C=O) groups is 1. The number of benzene rings is 1. The maximum absolute atomic E-state index is 13.7. The van der Waals surface area contributed by atoms with Gasteiger partial charge in [0.1, 0.15) is 0 Å². The predicted octanol–water partition coefficient (Wildman–Crippen LogP) is 1.76. The molecule has 2 aromatic rings. The molecule has 0 bridgehead atoms. The van der Waals surface area contributed by atoms with E-state index in [-0.39, 0.29) is 11.3 Å². The minimum atomic E-state index is -2.82. The second-order valence-corrected chi connectivity index (χ2v) is 12.6. The number of hydrogen-bond acceptors (Lipinski definition) is 2. The number of phenolic OH excluding ortho intramolecular Hbond substituents is 1. The van der Waals surface area contributed by atoms with E-state index in [1.54, 1.807) is 12.1 Å². The number of aromatic nitrogens is 1. The van der Waals surface area contributed by atoms with Gasteiger partial charge in [0.05, 0.1) is 0 Å². The summed E-state index contributed by atoms with van der Waals surface area (Å²) in [7, 11) is 1.86. The number of carboxylic acid groups (broad SMARTS) is 1. The van der Waals surface area contributed by atoms with Gasteiger partial charge in [-0.2, -0.15) is 0 Å². The topological polar surface area (TPSA) is 62.5 Å². The fourth-order valence-electron chi connectivity index (χ4n) is 2.77. The molecule has 1 aliphatic rings. The molecule has 0 unspecified atom stereocenters. The van der Waals surface area contributed by atoms with Crippen molar-refractivity contribution >= 4 is 34.1 Å². The number of hydrogen-bond donors (Lipinski definition) is 2. The number of nitrogens with zero attached hydrogens (tertiary/aromatic N) is 1. The van der Waals surface area contributed by atoms with Crippen LogP contribution in [-0.4, -0.2) is 42.2 Å². The van der Waals surface area contributed by atoms with Crippen LogP contribution >= 0.6 is 0 Å². The molecule has 4 nitrogen and oxygen atoms in total. The van der Waals surface area contributed by atoms with Crippen LogP contribution in [0.5, 0.6) is 5.75 Å². The van der Waals surface area contributed by atoms with Gasteiger partial charge < -0.3 is 0 Å². The summed E-state index contributed by atoms with van der Waals surface area (Å²) < 4.78 is 19.1. The van der Waals surface area contributed by atoms with Gasteiger partial charge in [-0.05, 0) is 0 Å². The first-order chi connectivity index (χ1) is 10.5. The summed E-state index contributed by atoms with van der Waals surface area (Å²) in [5.41, 5.74) is 1.15. The number of rotatable bonds is 3. The number of aliphatic carboxylic acids is 1. The van der Waals surface area contributed by atoms with Crippen molar-refractivity contribution in [2.24, 2.45) is 7.05 Å². The van der Waals surface area contributed by atoms with Crippen molar-refractivity contribution < 1.29 is 19.4 Å². The number of aryl methyl sites for hydroxylation is 1. The molecule has 0 saturated heterocycles. The summed E-state index contributed by atoms with van der Waals surface area (Å²) in [5.74, 6) is -2.02. The third-order valence-corrected chi connectivity index (χ3v) is 12.1. The second-order valence-electron chi connectivity index (χ2n) is 5.18.